The molecule has 0 saturated carbocycles. The van der Waals surface area contributed by atoms with E-state index >= 15 is 0 Å². The monoisotopic (exact) mass is 306 g/mol. The molecule has 0 spiro atoms. The molecule has 0 aromatic heterocycles. The fourth-order valence-electron chi connectivity index (χ4n) is 1.74. The molecule has 0 amide bonds. The number of hydrogen-bond acceptors (Lipinski definition) is 5. The van der Waals surface area contributed by atoms with Crippen LogP contribution in [0.3, 0.4) is 0 Å². The third-order valence-electron chi connectivity index (χ3n) is 2.81. The summed E-state index contributed by atoms with van der Waals surface area (Å²) in [5.41, 5.74) is 0.483. The van der Waals surface area contributed by atoms with E-state index in [0.717, 1.165) is 0 Å². The van der Waals surface area contributed by atoms with Gasteiger partial charge in [-0.1, -0.05) is 12.1 Å². The van der Waals surface area contributed by atoms with Gasteiger partial charge in [0.15, 0.2) is 5.78 Å². The van der Waals surface area contributed by atoms with Crippen molar-refractivity contribution in [2.24, 2.45) is 0 Å². The van der Waals surface area contributed by atoms with E-state index in [9.17, 15) is 13.2 Å². The van der Waals surface area contributed by atoms with Gasteiger partial charge in [0.2, 0.25) is 0 Å². The molecule has 0 fully saturated rings. The summed E-state index contributed by atoms with van der Waals surface area (Å²) in [7, 11) is -2.61. The third-order valence-corrected chi connectivity index (χ3v) is 4.09. The first-order valence-electron chi connectivity index (χ1n) is 6.12. The minimum atomic E-state index is -4.00. The molecule has 0 N–H and O–H groups in total. The summed E-state index contributed by atoms with van der Waals surface area (Å²) in [5.74, 6) is 0.234. The molecule has 21 heavy (non-hydrogen) atoms. The Bertz CT molecular complexity index is 748. The second-order valence-electron chi connectivity index (χ2n) is 4.27. The van der Waals surface area contributed by atoms with Gasteiger partial charge < -0.3 is 8.92 Å². The van der Waals surface area contributed by atoms with E-state index in [0.29, 0.717) is 5.56 Å². The van der Waals surface area contributed by atoms with Crippen LogP contribution in [0.2, 0.25) is 0 Å². The fourth-order valence-corrected chi connectivity index (χ4v) is 2.84. The molecule has 0 heterocycles. The Balaban J connectivity index is 2.31. The molecule has 0 atom stereocenters. The minimum absolute atomic E-state index is 0.0526. The number of methoxy groups -OCH3 is 1. The third kappa shape index (κ3) is 3.41. The molecule has 5 nitrogen and oxygen atoms in total. The topological polar surface area (TPSA) is 69.7 Å². The molecular weight excluding hydrogens is 292 g/mol. The summed E-state index contributed by atoms with van der Waals surface area (Å²) >= 11 is 0. The second-order valence-corrected chi connectivity index (χ2v) is 5.78. The summed E-state index contributed by atoms with van der Waals surface area (Å²) < 4.78 is 34.5. The average molecular weight is 306 g/mol. The van der Waals surface area contributed by atoms with Gasteiger partial charge in [-0.25, -0.2) is 0 Å². The maximum atomic E-state index is 12.2. The number of ketones is 1. The van der Waals surface area contributed by atoms with E-state index in [1.807, 2.05) is 0 Å². The number of carbonyl (C=O) groups excluding carboxylic acids is 1. The number of para-hydroxylation sites is 1. The van der Waals surface area contributed by atoms with Gasteiger partial charge in [-0.3, -0.25) is 4.79 Å². The van der Waals surface area contributed by atoms with Crippen LogP contribution in [0.4, 0.5) is 0 Å². The highest BCUT2D eigenvalue weighted by molar-refractivity contribution is 7.87. The van der Waals surface area contributed by atoms with Gasteiger partial charge in [-0.05, 0) is 43.3 Å². The van der Waals surface area contributed by atoms with Crippen LogP contribution in [0.5, 0.6) is 11.5 Å². The zero-order valence-electron chi connectivity index (χ0n) is 11.6. The molecule has 0 aliphatic heterocycles. The lowest BCUT2D eigenvalue weighted by Crippen LogP contribution is -2.11. The molecule has 0 unspecified atom stereocenters. The lowest BCUT2D eigenvalue weighted by molar-refractivity contribution is 0.101. The molecule has 0 bridgehead atoms. The van der Waals surface area contributed by atoms with E-state index < -0.39 is 10.1 Å². The van der Waals surface area contributed by atoms with Gasteiger partial charge in [0.1, 0.15) is 16.4 Å². The van der Waals surface area contributed by atoms with E-state index in [1.165, 1.54) is 50.4 Å². The predicted molar refractivity (Wildman–Crippen MR) is 77.3 cm³/mol. The highest BCUT2D eigenvalue weighted by Gasteiger charge is 2.21. The Hall–Kier alpha value is -2.34. The summed E-state index contributed by atoms with van der Waals surface area (Å²) in [6.45, 7) is 1.43. The lowest BCUT2D eigenvalue weighted by atomic mass is 10.1. The highest BCUT2D eigenvalue weighted by Crippen LogP contribution is 2.26. The molecule has 6 heteroatoms. The van der Waals surface area contributed by atoms with Gasteiger partial charge in [-0.2, -0.15) is 8.42 Å². The van der Waals surface area contributed by atoms with Crippen LogP contribution in [-0.4, -0.2) is 21.3 Å². The highest BCUT2D eigenvalue weighted by atomic mass is 32.2. The van der Waals surface area contributed by atoms with Crippen LogP contribution in [0.15, 0.2) is 53.4 Å². The largest absolute Gasteiger partial charge is 0.495 e. The summed E-state index contributed by atoms with van der Waals surface area (Å²) in [6.07, 6.45) is 0. The van der Waals surface area contributed by atoms with Crippen molar-refractivity contribution in [3.8, 4) is 11.5 Å². The normalized spacial score (nSPS) is 11.0. The number of benzene rings is 2. The van der Waals surface area contributed by atoms with Gasteiger partial charge >= 0.3 is 10.1 Å². The van der Waals surface area contributed by atoms with Crippen LogP contribution in [0.25, 0.3) is 0 Å². The van der Waals surface area contributed by atoms with Crippen LogP contribution in [-0.2, 0) is 10.1 Å². The smallest absolute Gasteiger partial charge is 0.342 e. The number of Topliss-reactive ketones (excluding diaryl/α,β-unsaturated/α-hetero) is 1. The van der Waals surface area contributed by atoms with Crippen molar-refractivity contribution in [3.05, 3.63) is 54.1 Å². The minimum Gasteiger partial charge on any atom is -0.495 e. The summed E-state index contributed by atoms with van der Waals surface area (Å²) in [4.78, 5) is 11.1. The maximum Gasteiger partial charge on any atom is 0.342 e. The molecule has 110 valence electrons. The zero-order valence-corrected chi connectivity index (χ0v) is 12.4. The van der Waals surface area contributed by atoms with Gasteiger partial charge in [0.25, 0.3) is 0 Å². The van der Waals surface area contributed by atoms with Crippen molar-refractivity contribution in [2.75, 3.05) is 7.11 Å². The van der Waals surface area contributed by atoms with E-state index in [4.69, 9.17) is 8.92 Å². The molecule has 0 radical (unpaired) electrons. The van der Waals surface area contributed by atoms with Crippen LogP contribution in [0.1, 0.15) is 17.3 Å². The van der Waals surface area contributed by atoms with Crippen molar-refractivity contribution in [2.45, 2.75) is 11.8 Å². The molecule has 0 aliphatic carbocycles. The Labute approximate surface area is 123 Å². The first kappa shape index (κ1) is 15.1. The lowest BCUT2D eigenvalue weighted by Gasteiger charge is -2.10. The quantitative estimate of drug-likeness (QED) is 0.627. The Morgan fingerprint density at radius 2 is 1.62 bits per heavy atom. The van der Waals surface area contributed by atoms with Crippen LogP contribution >= 0.6 is 0 Å². The first-order chi connectivity index (χ1) is 9.94. The van der Waals surface area contributed by atoms with Crippen LogP contribution < -0.4 is 8.92 Å². The Morgan fingerprint density at radius 3 is 2.19 bits per heavy atom. The number of hydrogen-bond donors (Lipinski definition) is 0. The Morgan fingerprint density at radius 1 is 1.00 bits per heavy atom. The summed E-state index contributed by atoms with van der Waals surface area (Å²) in [6, 6.07) is 12.1. The number of carbonyl (C=O) groups is 1. The molecule has 0 saturated heterocycles. The fraction of sp³-hybridized carbons (Fsp3) is 0.133. The van der Waals surface area contributed by atoms with Crippen LogP contribution in [0, 0.1) is 0 Å². The molecule has 2 rings (SSSR count). The average Bonchev–Trinajstić information content (AvgIpc) is 2.47. The molecule has 2 aromatic carbocycles. The van der Waals surface area contributed by atoms with Gasteiger partial charge in [0.05, 0.1) is 7.11 Å². The molecule has 0 aliphatic rings. The van der Waals surface area contributed by atoms with E-state index in [2.05, 4.69) is 0 Å². The maximum absolute atomic E-state index is 12.2. The first-order valence-corrected chi connectivity index (χ1v) is 7.53. The zero-order chi connectivity index (χ0) is 15.5. The van der Waals surface area contributed by atoms with Crippen molar-refractivity contribution in [1.29, 1.82) is 0 Å². The van der Waals surface area contributed by atoms with Crippen molar-refractivity contribution in [3.63, 3.8) is 0 Å². The van der Waals surface area contributed by atoms with Crippen molar-refractivity contribution >= 4 is 15.9 Å². The second kappa shape index (κ2) is 5.97. The van der Waals surface area contributed by atoms with Gasteiger partial charge in [0, 0.05) is 5.56 Å². The summed E-state index contributed by atoms with van der Waals surface area (Å²) in [5, 5.41) is 0. The van der Waals surface area contributed by atoms with E-state index in [-0.39, 0.29) is 22.2 Å². The molecular formula is C15H14O5S. The van der Waals surface area contributed by atoms with Crippen molar-refractivity contribution < 1.29 is 22.1 Å². The number of ether oxygens (including phenoxy) is 1. The number of rotatable bonds is 5. The standard InChI is InChI=1S/C15H14O5S/c1-11(16)12-7-9-13(10-8-12)20-21(17,18)15-6-4-3-5-14(15)19-2/h3-10H,1-2H3. The Kier molecular flexibility index (Phi) is 4.28. The van der Waals surface area contributed by atoms with Crippen molar-refractivity contribution in [1.82, 2.24) is 0 Å². The molecule has 2 aromatic rings. The van der Waals surface area contributed by atoms with E-state index in [1.54, 1.807) is 12.1 Å². The van der Waals surface area contributed by atoms with Gasteiger partial charge in [-0.15, -0.1) is 0 Å². The SMILES string of the molecule is COc1ccccc1S(=O)(=O)Oc1ccc(C(C)=O)cc1. The predicted octanol–water partition coefficient (Wildman–Crippen LogP) is 2.67.